The van der Waals surface area contributed by atoms with E-state index in [2.05, 4.69) is 31.9 Å². The SMILES string of the molecule is COc1ccc(Br)c(COc2c(F)cc(F)cc2Br)c1. The van der Waals surface area contributed by atoms with Crippen LogP contribution in [0.25, 0.3) is 0 Å². The average Bonchev–Trinajstić information content (AvgIpc) is 2.39. The van der Waals surface area contributed by atoms with E-state index in [9.17, 15) is 8.78 Å². The topological polar surface area (TPSA) is 18.5 Å². The van der Waals surface area contributed by atoms with Crippen molar-refractivity contribution in [3.63, 3.8) is 0 Å². The van der Waals surface area contributed by atoms with Gasteiger partial charge in [0.1, 0.15) is 18.2 Å². The molecule has 20 heavy (non-hydrogen) atoms. The second-order valence-corrected chi connectivity index (χ2v) is 5.65. The van der Waals surface area contributed by atoms with Crippen molar-refractivity contribution in [3.05, 3.63) is 56.5 Å². The van der Waals surface area contributed by atoms with Gasteiger partial charge in [-0.1, -0.05) is 15.9 Å². The summed E-state index contributed by atoms with van der Waals surface area (Å²) in [7, 11) is 1.56. The van der Waals surface area contributed by atoms with Gasteiger partial charge in [0.15, 0.2) is 11.6 Å². The summed E-state index contributed by atoms with van der Waals surface area (Å²) < 4.78 is 38.2. The van der Waals surface area contributed by atoms with Gasteiger partial charge in [0.05, 0.1) is 11.6 Å². The van der Waals surface area contributed by atoms with E-state index in [4.69, 9.17) is 9.47 Å². The fourth-order valence-corrected chi connectivity index (χ4v) is 2.49. The Bertz CT molecular complexity index is 610. The van der Waals surface area contributed by atoms with Crippen molar-refractivity contribution < 1.29 is 18.3 Å². The second-order valence-electron chi connectivity index (χ2n) is 3.94. The highest BCUT2D eigenvalue weighted by atomic mass is 79.9. The number of halogens is 4. The van der Waals surface area contributed by atoms with Gasteiger partial charge in [-0.25, -0.2) is 8.78 Å². The van der Waals surface area contributed by atoms with Gasteiger partial charge in [0.25, 0.3) is 0 Å². The van der Waals surface area contributed by atoms with E-state index < -0.39 is 11.6 Å². The number of rotatable bonds is 4. The molecule has 106 valence electrons. The molecule has 0 aromatic heterocycles. The molecule has 0 aliphatic carbocycles. The Hall–Kier alpha value is -1.14. The third-order valence-electron chi connectivity index (χ3n) is 2.59. The minimum Gasteiger partial charge on any atom is -0.497 e. The summed E-state index contributed by atoms with van der Waals surface area (Å²) in [6, 6.07) is 7.31. The monoisotopic (exact) mass is 406 g/mol. The number of hydrogen-bond acceptors (Lipinski definition) is 2. The van der Waals surface area contributed by atoms with Crippen LogP contribution in [0.5, 0.6) is 11.5 Å². The molecule has 0 unspecified atom stereocenters. The first-order valence-corrected chi connectivity index (χ1v) is 7.19. The molecule has 0 bridgehead atoms. The van der Waals surface area contributed by atoms with Crippen LogP contribution in [0.3, 0.4) is 0 Å². The average molecular weight is 408 g/mol. The van der Waals surface area contributed by atoms with Gasteiger partial charge in [-0.15, -0.1) is 0 Å². The smallest absolute Gasteiger partial charge is 0.169 e. The molecule has 0 aliphatic heterocycles. The van der Waals surface area contributed by atoms with Crippen LogP contribution in [0.2, 0.25) is 0 Å². The Balaban J connectivity index is 2.21. The first-order chi connectivity index (χ1) is 9.51. The zero-order valence-electron chi connectivity index (χ0n) is 10.4. The van der Waals surface area contributed by atoms with Crippen molar-refractivity contribution in [2.75, 3.05) is 7.11 Å². The summed E-state index contributed by atoms with van der Waals surface area (Å²) in [4.78, 5) is 0. The molecular weight excluding hydrogens is 398 g/mol. The highest BCUT2D eigenvalue weighted by Gasteiger charge is 2.12. The first kappa shape index (κ1) is 15.3. The predicted molar refractivity (Wildman–Crippen MR) is 79.1 cm³/mol. The van der Waals surface area contributed by atoms with E-state index in [1.54, 1.807) is 19.2 Å². The van der Waals surface area contributed by atoms with Crippen LogP contribution >= 0.6 is 31.9 Å². The molecular formula is C14H10Br2F2O2. The summed E-state index contributed by atoms with van der Waals surface area (Å²) in [6.45, 7) is 0.124. The van der Waals surface area contributed by atoms with E-state index in [1.807, 2.05) is 6.07 Å². The number of methoxy groups -OCH3 is 1. The van der Waals surface area contributed by atoms with Gasteiger partial charge in [0, 0.05) is 16.1 Å². The summed E-state index contributed by atoms with van der Waals surface area (Å²) in [5.74, 6) is -0.772. The van der Waals surface area contributed by atoms with Gasteiger partial charge < -0.3 is 9.47 Å². The Morgan fingerprint density at radius 1 is 1.05 bits per heavy atom. The van der Waals surface area contributed by atoms with Crippen LogP contribution in [0.4, 0.5) is 8.78 Å². The molecule has 0 N–H and O–H groups in total. The third-order valence-corrected chi connectivity index (χ3v) is 3.95. The summed E-state index contributed by atoms with van der Waals surface area (Å²) >= 11 is 6.46. The molecule has 0 saturated heterocycles. The van der Waals surface area contributed by atoms with Gasteiger partial charge in [-0.3, -0.25) is 0 Å². The first-order valence-electron chi connectivity index (χ1n) is 5.61. The van der Waals surface area contributed by atoms with Crippen LogP contribution in [0, 0.1) is 11.6 Å². The Labute approximate surface area is 132 Å². The maximum absolute atomic E-state index is 13.6. The summed E-state index contributed by atoms with van der Waals surface area (Å²) in [5, 5.41) is 0. The number of benzene rings is 2. The van der Waals surface area contributed by atoms with Crippen LogP contribution in [0.15, 0.2) is 39.3 Å². The highest BCUT2D eigenvalue weighted by Crippen LogP contribution is 2.31. The lowest BCUT2D eigenvalue weighted by molar-refractivity contribution is 0.285. The lowest BCUT2D eigenvalue weighted by Crippen LogP contribution is -2.00. The van der Waals surface area contributed by atoms with Crippen molar-refractivity contribution in [2.45, 2.75) is 6.61 Å². The van der Waals surface area contributed by atoms with E-state index in [0.717, 1.165) is 22.2 Å². The Kier molecular flexibility index (Phi) is 4.99. The van der Waals surface area contributed by atoms with Gasteiger partial charge in [0.2, 0.25) is 0 Å². The third kappa shape index (κ3) is 3.49. The van der Waals surface area contributed by atoms with Gasteiger partial charge >= 0.3 is 0 Å². The number of hydrogen-bond donors (Lipinski definition) is 0. The molecule has 0 fully saturated rings. The lowest BCUT2D eigenvalue weighted by atomic mass is 10.2. The second kappa shape index (κ2) is 6.54. The molecule has 0 saturated carbocycles. The standard InChI is InChI=1S/C14H10Br2F2O2/c1-19-10-2-3-11(15)8(4-10)7-20-14-12(16)5-9(17)6-13(14)18/h2-6H,7H2,1H3. The van der Waals surface area contributed by atoms with E-state index >= 15 is 0 Å². The van der Waals surface area contributed by atoms with Gasteiger partial charge in [-0.05, 0) is 40.2 Å². The van der Waals surface area contributed by atoms with E-state index in [1.165, 1.54) is 0 Å². The molecule has 0 heterocycles. The number of ether oxygens (including phenoxy) is 2. The molecule has 2 aromatic rings. The maximum atomic E-state index is 13.6. The zero-order valence-corrected chi connectivity index (χ0v) is 13.6. The zero-order chi connectivity index (χ0) is 14.7. The molecule has 0 atom stereocenters. The highest BCUT2D eigenvalue weighted by molar-refractivity contribution is 9.10. The molecule has 0 spiro atoms. The van der Waals surface area contributed by atoms with Crippen LogP contribution in [0.1, 0.15) is 5.56 Å². The van der Waals surface area contributed by atoms with Crippen molar-refractivity contribution in [3.8, 4) is 11.5 Å². The summed E-state index contributed by atoms with van der Waals surface area (Å²) in [6.07, 6.45) is 0. The fourth-order valence-electron chi connectivity index (χ4n) is 1.61. The Morgan fingerprint density at radius 3 is 2.45 bits per heavy atom. The fraction of sp³-hybridized carbons (Fsp3) is 0.143. The van der Waals surface area contributed by atoms with Gasteiger partial charge in [-0.2, -0.15) is 0 Å². The molecule has 2 nitrogen and oxygen atoms in total. The molecule has 2 rings (SSSR count). The van der Waals surface area contributed by atoms with E-state index in [0.29, 0.717) is 5.75 Å². The Morgan fingerprint density at radius 2 is 1.80 bits per heavy atom. The minimum absolute atomic E-state index is 0.0267. The van der Waals surface area contributed by atoms with E-state index in [-0.39, 0.29) is 16.8 Å². The van der Waals surface area contributed by atoms with Crippen LogP contribution in [-0.4, -0.2) is 7.11 Å². The molecule has 2 aromatic carbocycles. The lowest BCUT2D eigenvalue weighted by Gasteiger charge is -2.11. The van der Waals surface area contributed by atoms with Crippen molar-refractivity contribution in [2.24, 2.45) is 0 Å². The normalized spacial score (nSPS) is 10.4. The molecule has 0 aliphatic rings. The van der Waals surface area contributed by atoms with Crippen molar-refractivity contribution in [1.29, 1.82) is 0 Å². The van der Waals surface area contributed by atoms with Crippen molar-refractivity contribution in [1.82, 2.24) is 0 Å². The minimum atomic E-state index is -0.754. The van der Waals surface area contributed by atoms with Crippen molar-refractivity contribution >= 4 is 31.9 Å². The largest absolute Gasteiger partial charge is 0.497 e. The predicted octanol–water partition coefficient (Wildman–Crippen LogP) is 5.08. The molecule has 6 heteroatoms. The molecule has 0 radical (unpaired) electrons. The summed E-state index contributed by atoms with van der Waals surface area (Å²) in [5.41, 5.74) is 0.792. The molecule has 0 amide bonds. The quantitative estimate of drug-likeness (QED) is 0.703. The maximum Gasteiger partial charge on any atom is 0.169 e. The van der Waals surface area contributed by atoms with Crippen LogP contribution in [-0.2, 0) is 6.61 Å². The van der Waals surface area contributed by atoms with Crippen LogP contribution < -0.4 is 9.47 Å².